The fourth-order valence-electron chi connectivity index (χ4n) is 5.12. The average molecular weight is 626 g/mol. The number of carbonyl (C=O) groups is 2. The van der Waals surface area contributed by atoms with Crippen LogP contribution in [0.4, 0.5) is 5.82 Å². The molecule has 5 rings (SSSR count). The summed E-state index contributed by atoms with van der Waals surface area (Å²) in [6.07, 6.45) is 5.14. The number of aromatic nitrogens is 4. The van der Waals surface area contributed by atoms with Gasteiger partial charge in [0, 0.05) is 32.1 Å². The number of ether oxygens (including phenoxy) is 1. The predicted octanol–water partition coefficient (Wildman–Crippen LogP) is 1.51. The number of hydrogen-bond acceptors (Lipinski definition) is 11. The number of aliphatic imine (C=N–C) groups is 1. The van der Waals surface area contributed by atoms with E-state index < -0.39 is 27.6 Å². The van der Waals surface area contributed by atoms with E-state index in [1.165, 1.54) is 24.8 Å². The maximum atomic E-state index is 13.2. The molecule has 44 heavy (non-hydrogen) atoms. The monoisotopic (exact) mass is 625 g/mol. The minimum atomic E-state index is -4.05. The van der Waals surface area contributed by atoms with E-state index in [0.717, 1.165) is 18.5 Å². The Kier molecular flexibility index (Phi) is 9.15. The third-order valence-electron chi connectivity index (χ3n) is 7.39. The van der Waals surface area contributed by atoms with E-state index in [-0.39, 0.29) is 23.3 Å². The highest BCUT2D eigenvalue weighted by atomic mass is 32.2. The molecule has 4 heterocycles. The summed E-state index contributed by atoms with van der Waals surface area (Å²) in [7, 11) is -4.05. The lowest BCUT2D eigenvalue weighted by atomic mass is 9.96. The van der Waals surface area contributed by atoms with Gasteiger partial charge in [-0.15, -0.1) is 0 Å². The lowest BCUT2D eigenvalue weighted by Gasteiger charge is -2.32. The minimum Gasteiger partial charge on any atom is -0.459 e. The van der Waals surface area contributed by atoms with Gasteiger partial charge in [-0.1, -0.05) is 17.7 Å². The quantitative estimate of drug-likeness (QED) is 0.312. The number of fused-ring (bicyclic) bond motifs is 1. The molecule has 3 aromatic rings. The number of piperidine rings is 1. The fraction of sp³-hybridized carbons (Fsp3) is 0.517. The van der Waals surface area contributed by atoms with Gasteiger partial charge < -0.3 is 19.5 Å². The molecule has 3 N–H and O–H groups in total. The van der Waals surface area contributed by atoms with Crippen molar-refractivity contribution in [3.63, 3.8) is 0 Å². The second kappa shape index (κ2) is 12.9. The molecule has 1 fully saturated rings. The van der Waals surface area contributed by atoms with Crippen LogP contribution < -0.4 is 20.3 Å². The van der Waals surface area contributed by atoms with E-state index in [2.05, 4.69) is 40.2 Å². The number of hydrogen-bond donors (Lipinski definition) is 3. The Balaban J connectivity index is 1.32. The van der Waals surface area contributed by atoms with Gasteiger partial charge in [-0.25, -0.2) is 23.4 Å². The number of sulfonamides is 1. The van der Waals surface area contributed by atoms with E-state index in [0.29, 0.717) is 55.4 Å². The fourth-order valence-corrected chi connectivity index (χ4v) is 6.30. The first-order valence-corrected chi connectivity index (χ1v) is 16.2. The van der Waals surface area contributed by atoms with Crippen LogP contribution in [0.1, 0.15) is 45.6 Å². The standard InChI is InChI=1S/C29H39N9O5S/c1-19-6-8-21(9-7-19)44(41,42)36-22(27(40)43-29(2,3)4)16-38-18-34-23-24(32-17-33-25(23)38)37-14-10-20(11-15-37)26(39)35-28-30-12-5-13-31-28/h6-9,17-18,20,22,36H,5,10-16H2,1-4H3,(H2,30,31,35,39)/t22-/m0/s1. The number of nitrogens with zero attached hydrogens (tertiary/aromatic N) is 6. The SMILES string of the molecule is Cc1ccc(S(=O)(=O)N[C@@H](Cn2cnc3c(N4CCC(C(=O)NC5=NCCCN5)CC4)ncnc32)C(=O)OC(C)(C)C)cc1. The van der Waals surface area contributed by atoms with Gasteiger partial charge in [0.15, 0.2) is 22.9 Å². The number of carbonyl (C=O) groups excluding carboxylic acids is 2. The van der Waals surface area contributed by atoms with E-state index in [4.69, 9.17) is 4.74 Å². The number of rotatable bonds is 8. The Hall–Kier alpha value is -4.11. The number of nitrogens with one attached hydrogen (secondary N) is 3. The molecule has 0 bridgehead atoms. The van der Waals surface area contributed by atoms with E-state index >= 15 is 0 Å². The van der Waals surface area contributed by atoms with Gasteiger partial charge >= 0.3 is 5.97 Å². The molecule has 2 aromatic heterocycles. The highest BCUT2D eigenvalue weighted by molar-refractivity contribution is 7.89. The Morgan fingerprint density at radius 2 is 1.84 bits per heavy atom. The Labute approximate surface area is 256 Å². The molecule has 236 valence electrons. The normalized spacial score (nSPS) is 17.1. The van der Waals surface area contributed by atoms with Crippen LogP contribution in [0.2, 0.25) is 0 Å². The number of benzene rings is 1. The molecule has 0 spiro atoms. The van der Waals surface area contributed by atoms with Crippen LogP contribution in [0.15, 0.2) is 46.8 Å². The Morgan fingerprint density at radius 3 is 2.50 bits per heavy atom. The van der Waals surface area contributed by atoms with E-state index in [9.17, 15) is 18.0 Å². The molecule has 2 aliphatic heterocycles. The van der Waals surface area contributed by atoms with Gasteiger partial charge in [0.2, 0.25) is 15.9 Å². The second-order valence-electron chi connectivity index (χ2n) is 12.0. The van der Waals surface area contributed by atoms with Gasteiger partial charge in [-0.2, -0.15) is 4.72 Å². The zero-order valence-electron chi connectivity index (χ0n) is 25.4. The first-order valence-electron chi connectivity index (χ1n) is 14.7. The van der Waals surface area contributed by atoms with Gasteiger partial charge in [0.05, 0.1) is 17.8 Å². The second-order valence-corrected chi connectivity index (χ2v) is 13.8. The van der Waals surface area contributed by atoms with Crippen molar-refractivity contribution in [2.24, 2.45) is 10.9 Å². The number of anilines is 1. The smallest absolute Gasteiger partial charge is 0.326 e. The highest BCUT2D eigenvalue weighted by Crippen LogP contribution is 2.27. The molecule has 1 amide bonds. The molecule has 2 aliphatic rings. The Morgan fingerprint density at radius 1 is 1.11 bits per heavy atom. The van der Waals surface area contributed by atoms with Crippen molar-refractivity contribution >= 4 is 44.8 Å². The molecule has 1 atom stereocenters. The van der Waals surface area contributed by atoms with Crippen molar-refractivity contribution in [2.75, 3.05) is 31.1 Å². The number of guanidine groups is 1. The van der Waals surface area contributed by atoms with Crippen molar-refractivity contribution in [1.29, 1.82) is 0 Å². The van der Waals surface area contributed by atoms with Gasteiger partial charge in [-0.3, -0.25) is 19.9 Å². The third kappa shape index (κ3) is 7.50. The molecule has 0 aliphatic carbocycles. The molecular weight excluding hydrogens is 586 g/mol. The van der Waals surface area contributed by atoms with Gasteiger partial charge in [0.1, 0.15) is 18.0 Å². The summed E-state index contributed by atoms with van der Waals surface area (Å²) in [5.74, 6) is 0.233. The Bertz CT molecular complexity index is 1640. The summed E-state index contributed by atoms with van der Waals surface area (Å²) in [6, 6.07) is 5.11. The van der Waals surface area contributed by atoms with Crippen molar-refractivity contribution in [2.45, 2.75) is 70.0 Å². The molecule has 1 saturated heterocycles. The summed E-state index contributed by atoms with van der Waals surface area (Å²) in [4.78, 5) is 45.9. The molecule has 0 unspecified atom stereocenters. The van der Waals surface area contributed by atoms with Crippen LogP contribution in [0.25, 0.3) is 11.2 Å². The van der Waals surface area contributed by atoms with E-state index in [1.807, 2.05) is 6.92 Å². The van der Waals surface area contributed by atoms with Crippen LogP contribution in [-0.2, 0) is 30.9 Å². The van der Waals surface area contributed by atoms with Crippen LogP contribution in [0.3, 0.4) is 0 Å². The largest absolute Gasteiger partial charge is 0.459 e. The molecule has 1 aromatic carbocycles. The van der Waals surface area contributed by atoms with Crippen molar-refractivity contribution in [3.8, 4) is 0 Å². The molecule has 15 heteroatoms. The van der Waals surface area contributed by atoms with Crippen LogP contribution in [0.5, 0.6) is 0 Å². The van der Waals surface area contributed by atoms with Crippen LogP contribution in [-0.4, -0.2) is 83.6 Å². The molecule has 14 nitrogen and oxygen atoms in total. The highest BCUT2D eigenvalue weighted by Gasteiger charge is 2.32. The van der Waals surface area contributed by atoms with E-state index in [1.54, 1.807) is 37.5 Å². The number of esters is 1. The molecule has 0 saturated carbocycles. The lowest BCUT2D eigenvalue weighted by molar-refractivity contribution is -0.157. The topological polar surface area (TPSA) is 173 Å². The zero-order valence-corrected chi connectivity index (χ0v) is 26.2. The molecular formula is C29H39N9O5S. The third-order valence-corrected chi connectivity index (χ3v) is 8.87. The number of imidazole rings is 1. The first kappa shape index (κ1) is 31.3. The lowest BCUT2D eigenvalue weighted by Crippen LogP contribution is -2.48. The molecule has 0 radical (unpaired) electrons. The minimum absolute atomic E-state index is 0.0387. The summed E-state index contributed by atoms with van der Waals surface area (Å²) in [6.45, 7) is 9.59. The average Bonchev–Trinajstić information content (AvgIpc) is 3.39. The summed E-state index contributed by atoms with van der Waals surface area (Å²) < 4.78 is 36.2. The van der Waals surface area contributed by atoms with Crippen molar-refractivity contribution in [3.05, 3.63) is 42.5 Å². The van der Waals surface area contributed by atoms with Gasteiger partial charge in [-0.05, 0) is 59.1 Å². The summed E-state index contributed by atoms with van der Waals surface area (Å²) >= 11 is 0. The first-order chi connectivity index (χ1) is 20.9. The summed E-state index contributed by atoms with van der Waals surface area (Å²) in [5.41, 5.74) is 1.03. The zero-order chi connectivity index (χ0) is 31.5. The van der Waals surface area contributed by atoms with Crippen LogP contribution in [0, 0.1) is 12.8 Å². The maximum Gasteiger partial charge on any atom is 0.326 e. The van der Waals surface area contributed by atoms with Gasteiger partial charge in [0.25, 0.3) is 0 Å². The van der Waals surface area contributed by atoms with Crippen molar-refractivity contribution in [1.82, 2.24) is 34.9 Å². The summed E-state index contributed by atoms with van der Waals surface area (Å²) in [5, 5.41) is 6.01. The number of aryl methyl sites for hydroxylation is 1. The number of amides is 1. The maximum absolute atomic E-state index is 13.2. The van der Waals surface area contributed by atoms with Crippen LogP contribution >= 0.6 is 0 Å². The van der Waals surface area contributed by atoms with Crippen molar-refractivity contribution < 1.29 is 22.7 Å². The predicted molar refractivity (Wildman–Crippen MR) is 164 cm³/mol.